The van der Waals surface area contributed by atoms with Crippen LogP contribution in [0.2, 0.25) is 5.02 Å². The molecule has 24 heavy (non-hydrogen) atoms. The first-order valence-corrected chi connectivity index (χ1v) is 7.62. The number of hydrogen-bond donors (Lipinski definition) is 2. The van der Waals surface area contributed by atoms with Gasteiger partial charge in [0.25, 0.3) is 0 Å². The van der Waals surface area contributed by atoms with Crippen molar-refractivity contribution in [3.8, 4) is 0 Å². The van der Waals surface area contributed by atoms with Gasteiger partial charge in [0.2, 0.25) is 5.91 Å². The van der Waals surface area contributed by atoms with Crippen molar-refractivity contribution in [2.45, 2.75) is 31.2 Å². The van der Waals surface area contributed by atoms with E-state index in [2.05, 4.69) is 5.32 Å². The SMILES string of the molecule is O=C(O)[C@@H]1[C@@H](C(=O)Nc2cc(C(F)(F)F)ccc2Cl)[C@H]2CC[C@H]1O2. The van der Waals surface area contributed by atoms with Crippen molar-refractivity contribution < 1.29 is 32.6 Å². The highest BCUT2D eigenvalue weighted by atomic mass is 35.5. The molecule has 1 amide bonds. The highest BCUT2D eigenvalue weighted by Crippen LogP contribution is 2.44. The first-order chi connectivity index (χ1) is 11.2. The van der Waals surface area contributed by atoms with E-state index < -0.39 is 47.7 Å². The fraction of sp³-hybridized carbons (Fsp3) is 0.467. The monoisotopic (exact) mass is 363 g/mol. The third-order valence-electron chi connectivity index (χ3n) is 4.41. The summed E-state index contributed by atoms with van der Waals surface area (Å²) in [7, 11) is 0. The van der Waals surface area contributed by atoms with Crippen LogP contribution in [0.15, 0.2) is 18.2 Å². The smallest absolute Gasteiger partial charge is 0.416 e. The van der Waals surface area contributed by atoms with Crippen LogP contribution in [0.5, 0.6) is 0 Å². The van der Waals surface area contributed by atoms with E-state index in [0.717, 1.165) is 18.2 Å². The molecule has 0 unspecified atom stereocenters. The van der Waals surface area contributed by atoms with Crippen LogP contribution in [-0.4, -0.2) is 29.2 Å². The topological polar surface area (TPSA) is 75.6 Å². The van der Waals surface area contributed by atoms with Gasteiger partial charge in [-0.05, 0) is 31.0 Å². The van der Waals surface area contributed by atoms with Gasteiger partial charge in [-0.25, -0.2) is 0 Å². The number of benzene rings is 1. The second kappa shape index (κ2) is 5.93. The molecule has 2 aliphatic rings. The zero-order chi connectivity index (χ0) is 17.6. The molecule has 2 aliphatic heterocycles. The minimum atomic E-state index is -4.58. The number of anilines is 1. The van der Waals surface area contributed by atoms with E-state index in [0.29, 0.717) is 12.8 Å². The van der Waals surface area contributed by atoms with E-state index in [9.17, 15) is 27.9 Å². The number of rotatable bonds is 3. The van der Waals surface area contributed by atoms with E-state index in [1.54, 1.807) is 0 Å². The summed E-state index contributed by atoms with van der Waals surface area (Å²) in [4.78, 5) is 23.8. The normalized spacial score (nSPS) is 28.8. The van der Waals surface area contributed by atoms with Crippen molar-refractivity contribution in [3.05, 3.63) is 28.8 Å². The van der Waals surface area contributed by atoms with Crippen molar-refractivity contribution in [2.24, 2.45) is 11.8 Å². The Morgan fingerprint density at radius 2 is 1.83 bits per heavy atom. The summed E-state index contributed by atoms with van der Waals surface area (Å²) in [6.45, 7) is 0. The molecule has 2 saturated heterocycles. The number of halogens is 4. The van der Waals surface area contributed by atoms with Crippen molar-refractivity contribution in [2.75, 3.05) is 5.32 Å². The van der Waals surface area contributed by atoms with Crippen LogP contribution >= 0.6 is 11.6 Å². The lowest BCUT2D eigenvalue weighted by Gasteiger charge is -2.24. The number of fused-ring (bicyclic) bond motifs is 2. The molecule has 130 valence electrons. The number of hydrogen-bond acceptors (Lipinski definition) is 3. The van der Waals surface area contributed by atoms with Gasteiger partial charge in [-0.1, -0.05) is 11.6 Å². The van der Waals surface area contributed by atoms with Crippen molar-refractivity contribution in [3.63, 3.8) is 0 Å². The molecule has 9 heteroatoms. The Bertz CT molecular complexity index is 694. The number of carboxylic acid groups (broad SMARTS) is 1. The van der Waals surface area contributed by atoms with Gasteiger partial charge in [0, 0.05) is 0 Å². The molecule has 3 rings (SSSR count). The molecule has 2 bridgehead atoms. The standard InChI is InChI=1S/C15H13ClF3NO4/c16-7-2-1-6(15(17,18)19)5-8(7)20-13(21)11-9-3-4-10(24-9)12(11)14(22)23/h1-2,5,9-12H,3-4H2,(H,20,21)(H,22,23)/t9-,10-,11+,12+/m1/s1. The second-order valence-electron chi connectivity index (χ2n) is 5.86. The summed E-state index contributed by atoms with van der Waals surface area (Å²) in [6, 6.07) is 2.56. The molecule has 4 atom stereocenters. The average Bonchev–Trinajstić information content (AvgIpc) is 3.08. The molecule has 1 aromatic carbocycles. The maximum absolute atomic E-state index is 12.8. The predicted octanol–water partition coefficient (Wildman–Crippen LogP) is 3.18. The highest BCUT2D eigenvalue weighted by molar-refractivity contribution is 6.33. The van der Waals surface area contributed by atoms with Crippen molar-refractivity contribution in [1.82, 2.24) is 0 Å². The number of alkyl halides is 3. The number of ether oxygens (including phenoxy) is 1. The summed E-state index contributed by atoms with van der Waals surface area (Å²) in [6.07, 6.45) is -4.57. The van der Waals surface area contributed by atoms with E-state index in [-0.39, 0.29) is 10.7 Å². The molecule has 0 aliphatic carbocycles. The number of carbonyl (C=O) groups excluding carboxylic acids is 1. The fourth-order valence-corrected chi connectivity index (χ4v) is 3.50. The molecule has 2 fully saturated rings. The van der Waals surface area contributed by atoms with Crippen LogP contribution in [0.25, 0.3) is 0 Å². The van der Waals surface area contributed by atoms with E-state index >= 15 is 0 Å². The molecular formula is C15H13ClF3NO4. The molecule has 2 N–H and O–H groups in total. The Morgan fingerprint density at radius 3 is 2.42 bits per heavy atom. The molecule has 0 spiro atoms. The van der Waals surface area contributed by atoms with Gasteiger partial charge in [-0.3, -0.25) is 9.59 Å². The van der Waals surface area contributed by atoms with E-state index in [4.69, 9.17) is 16.3 Å². The van der Waals surface area contributed by atoms with Gasteiger partial charge in [0.05, 0.1) is 40.3 Å². The van der Waals surface area contributed by atoms with Gasteiger partial charge >= 0.3 is 12.1 Å². The number of aliphatic carboxylic acids is 1. The summed E-state index contributed by atoms with van der Waals surface area (Å²) in [5.74, 6) is -3.81. The van der Waals surface area contributed by atoms with Gasteiger partial charge < -0.3 is 15.2 Å². The number of amides is 1. The Morgan fingerprint density at radius 1 is 1.21 bits per heavy atom. The predicted molar refractivity (Wildman–Crippen MR) is 77.6 cm³/mol. The Kier molecular flexibility index (Phi) is 4.21. The molecule has 1 aromatic rings. The number of carboxylic acids is 1. The van der Waals surface area contributed by atoms with Gasteiger partial charge in [-0.2, -0.15) is 13.2 Å². The zero-order valence-corrected chi connectivity index (χ0v) is 12.9. The summed E-state index contributed by atoms with van der Waals surface area (Å²) in [5, 5.41) is 11.5. The Labute approximate surface area is 139 Å². The molecule has 0 aromatic heterocycles. The largest absolute Gasteiger partial charge is 0.481 e. The summed E-state index contributed by atoms with van der Waals surface area (Å²) in [5.41, 5.74) is -1.16. The minimum absolute atomic E-state index is 0.0627. The maximum atomic E-state index is 12.8. The first-order valence-electron chi connectivity index (χ1n) is 7.24. The van der Waals surface area contributed by atoms with E-state index in [1.165, 1.54) is 0 Å². The Hall–Kier alpha value is -1.80. The fourth-order valence-electron chi connectivity index (χ4n) is 3.34. The minimum Gasteiger partial charge on any atom is -0.481 e. The molecule has 0 saturated carbocycles. The summed E-state index contributed by atoms with van der Waals surface area (Å²) >= 11 is 5.85. The van der Waals surface area contributed by atoms with Crippen molar-refractivity contribution >= 4 is 29.2 Å². The average molecular weight is 364 g/mol. The lowest BCUT2D eigenvalue weighted by molar-refractivity contribution is -0.147. The molecule has 0 radical (unpaired) electrons. The van der Waals surface area contributed by atoms with Crippen LogP contribution < -0.4 is 5.32 Å². The van der Waals surface area contributed by atoms with Crippen molar-refractivity contribution in [1.29, 1.82) is 0 Å². The Balaban J connectivity index is 1.83. The number of nitrogens with one attached hydrogen (secondary N) is 1. The third-order valence-corrected chi connectivity index (χ3v) is 4.74. The van der Waals surface area contributed by atoms with Gasteiger partial charge in [0.1, 0.15) is 0 Å². The molecular weight excluding hydrogens is 351 g/mol. The van der Waals surface area contributed by atoms with Gasteiger partial charge in [-0.15, -0.1) is 0 Å². The lowest BCUT2D eigenvalue weighted by atomic mass is 9.78. The summed E-state index contributed by atoms with van der Waals surface area (Å²) < 4.78 is 43.8. The maximum Gasteiger partial charge on any atom is 0.416 e. The number of carbonyl (C=O) groups is 2. The molecule has 2 heterocycles. The van der Waals surface area contributed by atoms with Crippen LogP contribution in [0.3, 0.4) is 0 Å². The van der Waals surface area contributed by atoms with E-state index in [1.807, 2.05) is 0 Å². The highest BCUT2D eigenvalue weighted by Gasteiger charge is 2.55. The third kappa shape index (κ3) is 2.95. The molecule has 5 nitrogen and oxygen atoms in total. The lowest BCUT2D eigenvalue weighted by Crippen LogP contribution is -2.41. The van der Waals surface area contributed by atoms with Crippen LogP contribution in [0.4, 0.5) is 18.9 Å². The first kappa shape index (κ1) is 17.0. The van der Waals surface area contributed by atoms with Crippen LogP contribution in [0.1, 0.15) is 18.4 Å². The quantitative estimate of drug-likeness (QED) is 0.865. The van der Waals surface area contributed by atoms with Crippen LogP contribution in [0, 0.1) is 11.8 Å². The van der Waals surface area contributed by atoms with Crippen LogP contribution in [-0.2, 0) is 20.5 Å². The zero-order valence-electron chi connectivity index (χ0n) is 12.1. The second-order valence-corrected chi connectivity index (χ2v) is 6.27. The van der Waals surface area contributed by atoms with Gasteiger partial charge in [0.15, 0.2) is 0 Å².